The lowest BCUT2D eigenvalue weighted by molar-refractivity contribution is -0.143. The SMILES string of the molecule is CCCCC/C=C\C/C=C\CCCCCCCCCC(=O)OCCCCCCCCCCCCCC/C=C\CCCCCCCCCCCC(=O)NC(CO)C(O)CCCCCCCCCCCCCCCCCCC. The maximum absolute atomic E-state index is 12.5. The van der Waals surface area contributed by atoms with Crippen molar-refractivity contribution in [2.24, 2.45) is 0 Å². The van der Waals surface area contributed by atoms with Gasteiger partial charge in [-0.15, -0.1) is 0 Å². The molecule has 0 aliphatic carbocycles. The molecule has 0 fully saturated rings. The second kappa shape index (κ2) is 65.6. The van der Waals surface area contributed by atoms with E-state index in [1.54, 1.807) is 0 Å². The molecule has 0 saturated heterocycles. The molecule has 0 radical (unpaired) electrons. The largest absolute Gasteiger partial charge is 0.466 e. The molecule has 0 spiro atoms. The molecule has 0 rings (SSSR count). The molecule has 2 unspecified atom stereocenters. The summed E-state index contributed by atoms with van der Waals surface area (Å²) in [4.78, 5) is 24.6. The smallest absolute Gasteiger partial charge is 0.305 e. The number of carbonyl (C=O) groups excluding carboxylic acids is 2. The summed E-state index contributed by atoms with van der Waals surface area (Å²) >= 11 is 0. The van der Waals surface area contributed by atoms with E-state index < -0.39 is 12.1 Å². The van der Waals surface area contributed by atoms with Gasteiger partial charge in [-0.1, -0.05) is 314 Å². The minimum absolute atomic E-state index is 0.00612. The summed E-state index contributed by atoms with van der Waals surface area (Å²) < 4.78 is 5.49. The topological polar surface area (TPSA) is 95.9 Å². The molecule has 0 saturated carbocycles. The average molecular weight is 1070 g/mol. The molecule has 0 aromatic rings. The normalized spacial score (nSPS) is 12.7. The zero-order chi connectivity index (χ0) is 55.0. The quantitative estimate of drug-likeness (QED) is 0.0320. The Kier molecular flexibility index (Phi) is 63.9. The first-order valence-corrected chi connectivity index (χ1v) is 34.2. The molecule has 0 aromatic carbocycles. The maximum Gasteiger partial charge on any atom is 0.305 e. The number of esters is 1. The molecule has 76 heavy (non-hydrogen) atoms. The fraction of sp³-hybridized carbons (Fsp3) is 0.886. The molecule has 3 N–H and O–H groups in total. The van der Waals surface area contributed by atoms with Crippen LogP contribution in [0.15, 0.2) is 36.5 Å². The van der Waals surface area contributed by atoms with Crippen LogP contribution in [0, 0.1) is 0 Å². The van der Waals surface area contributed by atoms with Crippen LogP contribution in [0.5, 0.6) is 0 Å². The van der Waals surface area contributed by atoms with Gasteiger partial charge in [-0.25, -0.2) is 0 Å². The van der Waals surface area contributed by atoms with Crippen LogP contribution < -0.4 is 5.32 Å². The van der Waals surface area contributed by atoms with Gasteiger partial charge in [-0.05, 0) is 83.5 Å². The van der Waals surface area contributed by atoms with Crippen molar-refractivity contribution in [3.05, 3.63) is 36.5 Å². The van der Waals surface area contributed by atoms with Crippen molar-refractivity contribution >= 4 is 11.9 Å². The van der Waals surface area contributed by atoms with Crippen LogP contribution in [0.3, 0.4) is 0 Å². The first-order valence-electron chi connectivity index (χ1n) is 34.2. The first kappa shape index (κ1) is 74.1. The van der Waals surface area contributed by atoms with E-state index in [2.05, 4.69) is 55.6 Å². The Bertz CT molecular complexity index is 1230. The number of ether oxygens (including phenoxy) is 1. The van der Waals surface area contributed by atoms with Crippen molar-refractivity contribution in [1.29, 1.82) is 0 Å². The Balaban J connectivity index is 3.39. The molecule has 448 valence electrons. The van der Waals surface area contributed by atoms with Gasteiger partial charge in [0, 0.05) is 12.8 Å². The monoisotopic (exact) mass is 1070 g/mol. The highest BCUT2D eigenvalue weighted by Gasteiger charge is 2.20. The third-order valence-electron chi connectivity index (χ3n) is 15.9. The van der Waals surface area contributed by atoms with Crippen LogP contribution in [-0.2, 0) is 14.3 Å². The van der Waals surface area contributed by atoms with Gasteiger partial charge in [0.25, 0.3) is 0 Å². The van der Waals surface area contributed by atoms with Crippen LogP contribution in [0.1, 0.15) is 373 Å². The van der Waals surface area contributed by atoms with E-state index in [1.165, 1.54) is 289 Å². The van der Waals surface area contributed by atoms with Crippen LogP contribution in [0.2, 0.25) is 0 Å². The van der Waals surface area contributed by atoms with Crippen LogP contribution >= 0.6 is 0 Å². The summed E-state index contributed by atoms with van der Waals surface area (Å²) in [5.74, 6) is -0.0293. The molecule has 0 aliphatic rings. The maximum atomic E-state index is 12.5. The van der Waals surface area contributed by atoms with Gasteiger partial charge < -0.3 is 20.3 Å². The Morgan fingerprint density at radius 2 is 0.658 bits per heavy atom. The van der Waals surface area contributed by atoms with E-state index in [1.807, 2.05) is 0 Å². The van der Waals surface area contributed by atoms with Gasteiger partial charge in [0.15, 0.2) is 0 Å². The molecule has 0 bridgehead atoms. The number of nitrogens with one attached hydrogen (secondary N) is 1. The fourth-order valence-corrected chi connectivity index (χ4v) is 10.7. The summed E-state index contributed by atoms with van der Waals surface area (Å²) in [6.07, 6.45) is 83.2. The van der Waals surface area contributed by atoms with Gasteiger partial charge in [0.2, 0.25) is 5.91 Å². The molecule has 6 nitrogen and oxygen atoms in total. The minimum Gasteiger partial charge on any atom is -0.466 e. The molecular formula is C70H133NO5. The third-order valence-corrected chi connectivity index (χ3v) is 15.9. The van der Waals surface area contributed by atoms with Crippen LogP contribution in [0.25, 0.3) is 0 Å². The predicted molar refractivity (Wildman–Crippen MR) is 333 cm³/mol. The van der Waals surface area contributed by atoms with E-state index >= 15 is 0 Å². The highest BCUT2D eigenvalue weighted by Crippen LogP contribution is 2.18. The molecular weight excluding hydrogens is 935 g/mol. The molecule has 2 atom stereocenters. The number of carbonyl (C=O) groups is 2. The van der Waals surface area contributed by atoms with Crippen molar-refractivity contribution in [3.8, 4) is 0 Å². The van der Waals surface area contributed by atoms with Crippen LogP contribution in [0.4, 0.5) is 0 Å². The summed E-state index contributed by atoms with van der Waals surface area (Å²) in [6, 6.07) is -0.544. The minimum atomic E-state index is -0.667. The highest BCUT2D eigenvalue weighted by molar-refractivity contribution is 5.76. The van der Waals surface area contributed by atoms with Crippen molar-refractivity contribution in [1.82, 2.24) is 5.32 Å². The standard InChI is InChI=1S/C70H133NO5/c1-3-5-7-9-11-13-15-17-19-30-34-38-42-46-50-54-58-62-68(73)67(66-72)71-69(74)63-59-55-51-47-43-39-35-32-28-26-24-22-21-23-25-27-29-33-37-41-45-49-53-57-61-65-76-70(75)64-60-56-52-48-44-40-36-31-20-18-16-14-12-10-8-6-4-2/h12,14,18,20,22,24,67-68,72-73H,3-11,13,15-17,19,21,23,25-66H2,1-2H3,(H,71,74)/b14-12-,20-18-,24-22-. The number of aliphatic hydroxyl groups is 2. The Morgan fingerprint density at radius 1 is 0.368 bits per heavy atom. The zero-order valence-electron chi connectivity index (χ0n) is 51.3. The number of unbranched alkanes of at least 4 members (excludes halogenated alkanes) is 47. The van der Waals surface area contributed by atoms with Crippen molar-refractivity contribution in [2.75, 3.05) is 13.2 Å². The van der Waals surface area contributed by atoms with Gasteiger partial charge in [-0.3, -0.25) is 9.59 Å². The van der Waals surface area contributed by atoms with E-state index in [0.717, 1.165) is 51.4 Å². The van der Waals surface area contributed by atoms with Gasteiger partial charge >= 0.3 is 5.97 Å². The molecule has 0 aromatic heterocycles. The lowest BCUT2D eigenvalue weighted by atomic mass is 10.0. The van der Waals surface area contributed by atoms with Crippen molar-refractivity contribution in [3.63, 3.8) is 0 Å². The Morgan fingerprint density at radius 3 is 1.04 bits per heavy atom. The number of allylic oxidation sites excluding steroid dienone is 6. The zero-order valence-corrected chi connectivity index (χ0v) is 51.3. The van der Waals surface area contributed by atoms with Crippen molar-refractivity contribution < 1.29 is 24.5 Å². The van der Waals surface area contributed by atoms with E-state index in [9.17, 15) is 19.8 Å². The molecule has 1 amide bonds. The molecule has 0 heterocycles. The second-order valence-corrected chi connectivity index (χ2v) is 23.5. The highest BCUT2D eigenvalue weighted by atomic mass is 16.5. The van der Waals surface area contributed by atoms with Gasteiger partial charge in [-0.2, -0.15) is 0 Å². The lowest BCUT2D eigenvalue weighted by Gasteiger charge is -2.22. The number of hydrogen-bond donors (Lipinski definition) is 3. The summed E-state index contributed by atoms with van der Waals surface area (Å²) in [5.41, 5.74) is 0. The number of hydrogen-bond acceptors (Lipinski definition) is 5. The van der Waals surface area contributed by atoms with E-state index in [-0.39, 0.29) is 18.5 Å². The summed E-state index contributed by atoms with van der Waals surface area (Å²) in [6.45, 7) is 4.95. The number of rotatable bonds is 64. The molecule has 6 heteroatoms. The predicted octanol–water partition coefficient (Wildman–Crippen LogP) is 21.9. The number of amides is 1. The van der Waals surface area contributed by atoms with Crippen molar-refractivity contribution in [2.45, 2.75) is 386 Å². The fourth-order valence-electron chi connectivity index (χ4n) is 10.7. The first-order chi connectivity index (χ1) is 37.5. The summed E-state index contributed by atoms with van der Waals surface area (Å²) in [5, 5.41) is 23.4. The summed E-state index contributed by atoms with van der Waals surface area (Å²) in [7, 11) is 0. The lowest BCUT2D eigenvalue weighted by Crippen LogP contribution is -2.45. The average Bonchev–Trinajstić information content (AvgIpc) is 3.42. The Hall–Kier alpha value is -1.92. The molecule has 0 aliphatic heterocycles. The number of aliphatic hydroxyl groups excluding tert-OH is 2. The van der Waals surface area contributed by atoms with E-state index in [4.69, 9.17) is 4.74 Å². The third kappa shape index (κ3) is 61.3. The van der Waals surface area contributed by atoms with Gasteiger partial charge in [0.05, 0.1) is 25.4 Å². The second-order valence-electron chi connectivity index (χ2n) is 23.5. The van der Waals surface area contributed by atoms with Gasteiger partial charge in [0.1, 0.15) is 0 Å². The van der Waals surface area contributed by atoms with Crippen LogP contribution in [-0.4, -0.2) is 47.4 Å². The Labute approximate surface area is 474 Å². The van der Waals surface area contributed by atoms with E-state index in [0.29, 0.717) is 25.9 Å².